The Morgan fingerprint density at radius 1 is 1.70 bits per heavy atom. The van der Waals surface area contributed by atoms with Crippen molar-refractivity contribution in [2.24, 2.45) is 10.7 Å². The highest BCUT2D eigenvalue weighted by Gasteiger charge is 1.97. The fourth-order valence-electron chi connectivity index (χ4n) is 0.413. The van der Waals surface area contributed by atoms with Crippen LogP contribution in [0.25, 0.3) is 0 Å². The van der Waals surface area contributed by atoms with Gasteiger partial charge in [0.15, 0.2) is 0 Å². The molecule has 0 bridgehead atoms. The van der Waals surface area contributed by atoms with Crippen LogP contribution in [-0.4, -0.2) is 6.72 Å². The van der Waals surface area contributed by atoms with Gasteiger partial charge in [0.1, 0.15) is 0 Å². The highest BCUT2D eigenvalue weighted by atomic mass is 35.5. The van der Waals surface area contributed by atoms with Crippen LogP contribution in [0.1, 0.15) is 13.8 Å². The van der Waals surface area contributed by atoms with Crippen LogP contribution in [0, 0.1) is 0 Å². The van der Waals surface area contributed by atoms with E-state index in [1.54, 1.807) is 13.0 Å². The van der Waals surface area contributed by atoms with E-state index in [0.717, 1.165) is 0 Å². The molecule has 0 rings (SSSR count). The van der Waals surface area contributed by atoms with Gasteiger partial charge in [-0.2, -0.15) is 0 Å². The first kappa shape index (κ1) is 9.24. The minimum atomic E-state index is 0.485. The first-order chi connectivity index (χ1) is 4.63. The molecule has 0 spiro atoms. The van der Waals surface area contributed by atoms with E-state index in [-0.39, 0.29) is 0 Å². The Morgan fingerprint density at radius 3 is 2.50 bits per heavy atom. The molecular weight excluding hydrogens is 148 g/mol. The summed E-state index contributed by atoms with van der Waals surface area (Å²) in [6.45, 7) is 6.89. The van der Waals surface area contributed by atoms with Crippen LogP contribution >= 0.6 is 11.6 Å². The van der Waals surface area contributed by atoms with Crippen molar-refractivity contribution in [3.05, 3.63) is 22.5 Å². The van der Waals surface area contributed by atoms with E-state index >= 15 is 0 Å². The van der Waals surface area contributed by atoms with Crippen LogP contribution in [0.15, 0.2) is 27.5 Å². The topological polar surface area (TPSA) is 38.4 Å². The van der Waals surface area contributed by atoms with Gasteiger partial charge >= 0.3 is 0 Å². The maximum atomic E-state index is 5.68. The number of nitrogens with two attached hydrogens (primary N) is 1. The third-order valence-corrected chi connectivity index (χ3v) is 1.56. The summed E-state index contributed by atoms with van der Waals surface area (Å²) in [6, 6.07) is 0. The summed E-state index contributed by atoms with van der Waals surface area (Å²) < 4.78 is 0. The van der Waals surface area contributed by atoms with Crippen LogP contribution in [-0.2, 0) is 0 Å². The Bertz CT molecular complexity index is 192. The monoisotopic (exact) mass is 158 g/mol. The van der Waals surface area contributed by atoms with E-state index in [9.17, 15) is 0 Å². The van der Waals surface area contributed by atoms with E-state index in [0.29, 0.717) is 16.4 Å². The molecule has 0 fully saturated rings. The smallest absolute Gasteiger partial charge is 0.0715 e. The molecular formula is C7H11ClN2. The van der Waals surface area contributed by atoms with E-state index in [4.69, 9.17) is 17.3 Å². The van der Waals surface area contributed by atoms with Crippen molar-refractivity contribution in [1.82, 2.24) is 0 Å². The van der Waals surface area contributed by atoms with Crippen LogP contribution in [0.4, 0.5) is 0 Å². The fraction of sp³-hybridized carbons (Fsp3) is 0.286. The number of nitrogens with zero attached hydrogens (tertiary/aromatic N) is 1. The Hall–Kier alpha value is -0.760. The Kier molecular flexibility index (Phi) is 3.81. The van der Waals surface area contributed by atoms with Crippen molar-refractivity contribution in [1.29, 1.82) is 0 Å². The van der Waals surface area contributed by atoms with Gasteiger partial charge in [-0.15, -0.1) is 0 Å². The van der Waals surface area contributed by atoms with Gasteiger partial charge in [-0.25, -0.2) is 0 Å². The SMILES string of the molecule is C=N/C(C)=C(N)\C(Cl)=C/C. The number of aliphatic imine (C=N–C) groups is 1. The highest BCUT2D eigenvalue weighted by molar-refractivity contribution is 6.31. The predicted molar refractivity (Wildman–Crippen MR) is 46.0 cm³/mol. The molecule has 0 heterocycles. The molecule has 0 radical (unpaired) electrons. The standard InChI is InChI=1S/C7H11ClN2/c1-4-6(8)7(9)5(2)10-3/h4H,3,9H2,1-2H3/b6-4+,7-5+. The summed E-state index contributed by atoms with van der Waals surface area (Å²) in [5.74, 6) is 0. The summed E-state index contributed by atoms with van der Waals surface area (Å²) >= 11 is 5.68. The summed E-state index contributed by atoms with van der Waals surface area (Å²) in [5, 5.41) is 0.518. The minimum Gasteiger partial charge on any atom is -0.396 e. The summed E-state index contributed by atoms with van der Waals surface area (Å²) in [5.41, 5.74) is 6.67. The van der Waals surface area contributed by atoms with Gasteiger partial charge < -0.3 is 5.73 Å². The molecule has 56 valence electrons. The number of halogens is 1. The molecule has 2 nitrogen and oxygen atoms in total. The van der Waals surface area contributed by atoms with Gasteiger partial charge in [-0.1, -0.05) is 17.7 Å². The normalized spacial score (nSPS) is 14.5. The lowest BCUT2D eigenvalue weighted by Crippen LogP contribution is -1.99. The fourth-order valence-corrected chi connectivity index (χ4v) is 0.550. The van der Waals surface area contributed by atoms with Gasteiger partial charge in [0.05, 0.1) is 16.4 Å². The lowest BCUT2D eigenvalue weighted by molar-refractivity contribution is 1.20. The first-order valence-corrected chi connectivity index (χ1v) is 3.26. The molecule has 0 aliphatic carbocycles. The second-order valence-electron chi connectivity index (χ2n) is 1.79. The van der Waals surface area contributed by atoms with Gasteiger partial charge in [0.25, 0.3) is 0 Å². The van der Waals surface area contributed by atoms with Gasteiger partial charge in [-0.3, -0.25) is 4.99 Å². The molecule has 3 heteroatoms. The number of hydrogen-bond donors (Lipinski definition) is 1. The third-order valence-electron chi connectivity index (χ3n) is 1.14. The summed E-state index contributed by atoms with van der Waals surface area (Å²) in [7, 11) is 0. The lowest BCUT2D eigenvalue weighted by Gasteiger charge is -1.99. The molecule has 0 aromatic carbocycles. The van der Waals surface area contributed by atoms with Crippen LogP contribution in [0.5, 0.6) is 0 Å². The van der Waals surface area contributed by atoms with Crippen molar-refractivity contribution in [3.63, 3.8) is 0 Å². The summed E-state index contributed by atoms with van der Waals surface area (Å²) in [4.78, 5) is 3.64. The molecule has 2 N–H and O–H groups in total. The van der Waals surface area contributed by atoms with Crippen LogP contribution in [0.3, 0.4) is 0 Å². The van der Waals surface area contributed by atoms with E-state index < -0.39 is 0 Å². The minimum absolute atomic E-state index is 0.485. The molecule has 0 atom stereocenters. The van der Waals surface area contributed by atoms with E-state index in [2.05, 4.69) is 11.7 Å². The van der Waals surface area contributed by atoms with Crippen molar-refractivity contribution < 1.29 is 0 Å². The summed E-state index contributed by atoms with van der Waals surface area (Å²) in [6.07, 6.45) is 1.71. The highest BCUT2D eigenvalue weighted by Crippen LogP contribution is 2.13. The number of hydrogen-bond acceptors (Lipinski definition) is 2. The molecule has 10 heavy (non-hydrogen) atoms. The average Bonchev–Trinajstić information content (AvgIpc) is 2.00. The van der Waals surface area contributed by atoms with Gasteiger partial charge in [-0.05, 0) is 20.6 Å². The van der Waals surface area contributed by atoms with Gasteiger partial charge in [0.2, 0.25) is 0 Å². The van der Waals surface area contributed by atoms with E-state index in [1.807, 2.05) is 6.92 Å². The zero-order valence-electron chi connectivity index (χ0n) is 6.19. The molecule has 0 unspecified atom stereocenters. The molecule has 0 saturated heterocycles. The second-order valence-corrected chi connectivity index (χ2v) is 2.20. The maximum Gasteiger partial charge on any atom is 0.0715 e. The molecule has 0 saturated carbocycles. The zero-order valence-corrected chi connectivity index (χ0v) is 6.94. The molecule has 0 aromatic heterocycles. The molecule has 0 amide bonds. The predicted octanol–water partition coefficient (Wildman–Crippen LogP) is 2.02. The Labute approximate surface area is 66.1 Å². The average molecular weight is 159 g/mol. The van der Waals surface area contributed by atoms with Crippen molar-refractivity contribution >= 4 is 18.3 Å². The molecule has 0 aliphatic rings. The Balaban J connectivity index is 4.63. The quantitative estimate of drug-likeness (QED) is 0.485. The maximum absolute atomic E-state index is 5.68. The number of rotatable bonds is 2. The van der Waals surface area contributed by atoms with Crippen LogP contribution < -0.4 is 5.73 Å². The van der Waals surface area contributed by atoms with Crippen molar-refractivity contribution in [2.75, 3.05) is 0 Å². The lowest BCUT2D eigenvalue weighted by atomic mass is 10.3. The molecule has 0 aliphatic heterocycles. The second kappa shape index (κ2) is 4.12. The first-order valence-electron chi connectivity index (χ1n) is 2.88. The molecule has 0 aromatic rings. The van der Waals surface area contributed by atoms with Crippen molar-refractivity contribution in [3.8, 4) is 0 Å². The van der Waals surface area contributed by atoms with Crippen molar-refractivity contribution in [2.45, 2.75) is 13.8 Å². The Morgan fingerprint density at radius 2 is 2.20 bits per heavy atom. The van der Waals surface area contributed by atoms with Gasteiger partial charge in [0, 0.05) is 0 Å². The third kappa shape index (κ3) is 2.23. The van der Waals surface area contributed by atoms with Crippen LogP contribution in [0.2, 0.25) is 0 Å². The van der Waals surface area contributed by atoms with E-state index in [1.165, 1.54) is 0 Å². The zero-order chi connectivity index (χ0) is 8.15. The largest absolute Gasteiger partial charge is 0.396 e. The number of allylic oxidation sites excluding steroid dienone is 3.